The molecular weight excluding hydrogens is 270 g/mol. The molecule has 0 aromatic rings. The average Bonchev–Trinajstić information content (AvgIpc) is 2.39. The molecule has 6 nitrogen and oxygen atoms in total. The lowest BCUT2D eigenvalue weighted by Gasteiger charge is -2.38. The van der Waals surface area contributed by atoms with Gasteiger partial charge in [0.2, 0.25) is 0 Å². The molecular formula is C15H29N3O3. The van der Waals surface area contributed by atoms with Gasteiger partial charge in [0.05, 0.1) is 6.42 Å². The Bertz CT molecular complexity index is 363. The first-order chi connectivity index (χ1) is 9.72. The average molecular weight is 299 g/mol. The summed E-state index contributed by atoms with van der Waals surface area (Å²) in [5.74, 6) is -0.804. The minimum absolute atomic E-state index is 0.0485. The lowest BCUT2D eigenvalue weighted by atomic mass is 9.80. The molecule has 21 heavy (non-hydrogen) atoms. The number of carbonyl (C=O) groups excluding carboxylic acids is 1. The molecule has 0 saturated carbocycles. The van der Waals surface area contributed by atoms with Gasteiger partial charge < -0.3 is 20.6 Å². The highest BCUT2D eigenvalue weighted by atomic mass is 16.4. The van der Waals surface area contributed by atoms with Crippen molar-refractivity contribution in [1.82, 2.24) is 15.5 Å². The normalized spacial score (nSPS) is 20.0. The molecule has 1 rings (SSSR count). The van der Waals surface area contributed by atoms with E-state index in [9.17, 15) is 9.59 Å². The second-order valence-electron chi connectivity index (χ2n) is 6.89. The van der Waals surface area contributed by atoms with Gasteiger partial charge in [0.15, 0.2) is 0 Å². The maximum Gasteiger partial charge on any atom is 0.315 e. The number of carboxylic acid groups (broad SMARTS) is 1. The molecule has 1 atom stereocenters. The molecule has 0 aromatic carbocycles. The van der Waals surface area contributed by atoms with Crippen LogP contribution in [-0.2, 0) is 4.79 Å². The highest BCUT2D eigenvalue weighted by Crippen LogP contribution is 2.29. The quantitative estimate of drug-likeness (QED) is 0.694. The van der Waals surface area contributed by atoms with E-state index in [4.69, 9.17) is 5.11 Å². The molecule has 0 aliphatic carbocycles. The molecule has 1 aliphatic rings. The van der Waals surface area contributed by atoms with E-state index in [1.54, 1.807) is 0 Å². The van der Waals surface area contributed by atoms with Gasteiger partial charge in [-0.1, -0.05) is 20.8 Å². The molecule has 122 valence electrons. The van der Waals surface area contributed by atoms with Crippen LogP contribution in [0.15, 0.2) is 0 Å². The van der Waals surface area contributed by atoms with E-state index in [1.165, 1.54) is 0 Å². The largest absolute Gasteiger partial charge is 0.481 e. The van der Waals surface area contributed by atoms with E-state index in [1.807, 2.05) is 13.8 Å². The summed E-state index contributed by atoms with van der Waals surface area (Å²) in [6, 6.07) is -0.608. The highest BCUT2D eigenvalue weighted by Gasteiger charge is 2.29. The van der Waals surface area contributed by atoms with Crippen molar-refractivity contribution in [1.29, 1.82) is 0 Å². The summed E-state index contributed by atoms with van der Waals surface area (Å²) < 4.78 is 0. The SMILES string of the molecule is CC(C)C(CC(=O)O)NC(=O)NCC1(C)CCN(C)CC1. The summed E-state index contributed by atoms with van der Waals surface area (Å²) in [4.78, 5) is 25.1. The van der Waals surface area contributed by atoms with Crippen LogP contribution in [0.25, 0.3) is 0 Å². The van der Waals surface area contributed by atoms with Gasteiger partial charge >= 0.3 is 12.0 Å². The Hall–Kier alpha value is -1.30. The molecule has 0 radical (unpaired) electrons. The standard InChI is InChI=1S/C15H29N3O3/c1-11(2)12(9-13(19)20)17-14(21)16-10-15(3)5-7-18(4)8-6-15/h11-12H,5-10H2,1-4H3,(H,19,20)(H2,16,17,21). The van der Waals surface area contributed by atoms with Crippen LogP contribution in [0.5, 0.6) is 0 Å². The van der Waals surface area contributed by atoms with Crippen molar-refractivity contribution < 1.29 is 14.7 Å². The molecule has 1 heterocycles. The second-order valence-corrected chi connectivity index (χ2v) is 6.89. The van der Waals surface area contributed by atoms with Gasteiger partial charge in [-0.05, 0) is 44.3 Å². The van der Waals surface area contributed by atoms with Crippen molar-refractivity contribution in [2.24, 2.45) is 11.3 Å². The monoisotopic (exact) mass is 299 g/mol. The third-order valence-corrected chi connectivity index (χ3v) is 4.39. The molecule has 0 aromatic heterocycles. The number of nitrogens with one attached hydrogen (secondary N) is 2. The minimum Gasteiger partial charge on any atom is -0.481 e. The maximum absolute atomic E-state index is 12.0. The van der Waals surface area contributed by atoms with E-state index in [-0.39, 0.29) is 29.8 Å². The van der Waals surface area contributed by atoms with Crippen molar-refractivity contribution in [2.75, 3.05) is 26.7 Å². The predicted octanol–water partition coefficient (Wildman–Crippen LogP) is 1.52. The fourth-order valence-corrected chi connectivity index (χ4v) is 2.49. The van der Waals surface area contributed by atoms with E-state index < -0.39 is 5.97 Å². The molecule has 0 spiro atoms. The number of nitrogens with zero attached hydrogens (tertiary/aromatic N) is 1. The fraction of sp³-hybridized carbons (Fsp3) is 0.867. The first kappa shape index (κ1) is 17.8. The topological polar surface area (TPSA) is 81.7 Å². The number of amides is 2. The van der Waals surface area contributed by atoms with Crippen LogP contribution in [0.3, 0.4) is 0 Å². The van der Waals surface area contributed by atoms with Crippen molar-refractivity contribution in [3.63, 3.8) is 0 Å². The number of carboxylic acids is 1. The summed E-state index contributed by atoms with van der Waals surface area (Å²) >= 11 is 0. The summed E-state index contributed by atoms with van der Waals surface area (Å²) in [5.41, 5.74) is 0.129. The third-order valence-electron chi connectivity index (χ3n) is 4.39. The molecule has 6 heteroatoms. The lowest BCUT2D eigenvalue weighted by Crippen LogP contribution is -2.49. The molecule has 3 N–H and O–H groups in total. The number of rotatable bonds is 6. The van der Waals surface area contributed by atoms with Crippen molar-refractivity contribution in [3.05, 3.63) is 0 Å². The van der Waals surface area contributed by atoms with Crippen molar-refractivity contribution in [2.45, 2.75) is 46.1 Å². The van der Waals surface area contributed by atoms with Crippen molar-refractivity contribution >= 4 is 12.0 Å². The number of urea groups is 1. The Kier molecular flexibility index (Phi) is 6.45. The Balaban J connectivity index is 2.40. The second kappa shape index (κ2) is 7.64. The van der Waals surface area contributed by atoms with Gasteiger partial charge in [0.25, 0.3) is 0 Å². The van der Waals surface area contributed by atoms with Gasteiger partial charge in [-0.2, -0.15) is 0 Å². The first-order valence-corrected chi connectivity index (χ1v) is 7.66. The molecule has 1 saturated heterocycles. The zero-order valence-corrected chi connectivity index (χ0v) is 13.6. The third kappa shape index (κ3) is 6.33. The van der Waals surface area contributed by atoms with Crippen LogP contribution in [0.4, 0.5) is 4.79 Å². The summed E-state index contributed by atoms with van der Waals surface area (Å²) in [6.07, 6.45) is 2.08. The van der Waals surface area contributed by atoms with Gasteiger partial charge in [-0.15, -0.1) is 0 Å². The van der Waals surface area contributed by atoms with E-state index in [2.05, 4.69) is 29.5 Å². The number of hydrogen-bond acceptors (Lipinski definition) is 3. The Morgan fingerprint density at radius 1 is 1.29 bits per heavy atom. The van der Waals surface area contributed by atoms with Gasteiger partial charge in [0, 0.05) is 12.6 Å². The van der Waals surface area contributed by atoms with Crippen LogP contribution >= 0.6 is 0 Å². The number of carbonyl (C=O) groups is 2. The van der Waals surface area contributed by atoms with Gasteiger partial charge in [-0.25, -0.2) is 4.79 Å². The van der Waals surface area contributed by atoms with Crippen LogP contribution < -0.4 is 10.6 Å². The predicted molar refractivity (Wildman–Crippen MR) is 82.3 cm³/mol. The molecule has 1 fully saturated rings. The molecule has 1 unspecified atom stereocenters. The number of likely N-dealkylation sites (tertiary alicyclic amines) is 1. The smallest absolute Gasteiger partial charge is 0.315 e. The number of piperidine rings is 1. The van der Waals surface area contributed by atoms with E-state index in [0.717, 1.165) is 25.9 Å². The highest BCUT2D eigenvalue weighted by molar-refractivity contribution is 5.75. The van der Waals surface area contributed by atoms with Gasteiger partial charge in [-0.3, -0.25) is 4.79 Å². The Morgan fingerprint density at radius 2 is 1.86 bits per heavy atom. The van der Waals surface area contributed by atoms with Crippen LogP contribution in [-0.4, -0.2) is 54.7 Å². The molecule has 0 bridgehead atoms. The van der Waals surface area contributed by atoms with Gasteiger partial charge in [0.1, 0.15) is 0 Å². The zero-order chi connectivity index (χ0) is 16.0. The minimum atomic E-state index is -0.892. The summed E-state index contributed by atoms with van der Waals surface area (Å²) in [7, 11) is 2.11. The zero-order valence-electron chi connectivity index (χ0n) is 13.6. The lowest BCUT2D eigenvalue weighted by molar-refractivity contribution is -0.137. The van der Waals surface area contributed by atoms with Crippen LogP contribution in [0.2, 0.25) is 0 Å². The maximum atomic E-state index is 12.0. The van der Waals surface area contributed by atoms with Crippen molar-refractivity contribution in [3.8, 4) is 0 Å². The number of aliphatic carboxylic acids is 1. The van der Waals surface area contributed by atoms with Crippen LogP contribution in [0, 0.1) is 11.3 Å². The Labute approximate surface area is 127 Å². The molecule has 1 aliphatic heterocycles. The Morgan fingerprint density at radius 3 is 2.33 bits per heavy atom. The first-order valence-electron chi connectivity index (χ1n) is 7.66. The summed E-state index contributed by atoms with van der Waals surface area (Å²) in [5, 5.41) is 14.5. The van der Waals surface area contributed by atoms with Crippen LogP contribution in [0.1, 0.15) is 40.0 Å². The molecule has 2 amide bonds. The number of hydrogen-bond donors (Lipinski definition) is 3. The van der Waals surface area contributed by atoms with E-state index in [0.29, 0.717) is 6.54 Å². The fourth-order valence-electron chi connectivity index (χ4n) is 2.49. The van der Waals surface area contributed by atoms with E-state index >= 15 is 0 Å². The summed E-state index contributed by atoms with van der Waals surface area (Å²) in [6.45, 7) is 8.74.